The summed E-state index contributed by atoms with van der Waals surface area (Å²) in [5, 5.41) is 2.98. The van der Waals surface area contributed by atoms with Crippen LogP contribution in [0.4, 0.5) is 0 Å². The van der Waals surface area contributed by atoms with Crippen molar-refractivity contribution in [3.63, 3.8) is 0 Å². The van der Waals surface area contributed by atoms with Crippen LogP contribution in [0, 0.1) is 0 Å². The van der Waals surface area contributed by atoms with Gasteiger partial charge >= 0.3 is 0 Å². The lowest BCUT2D eigenvalue weighted by Crippen LogP contribution is -2.39. The number of carbonyl (C=O) groups excluding carboxylic acids is 2. The maximum atomic E-state index is 12.7. The molecule has 0 bridgehead atoms. The third-order valence-electron chi connectivity index (χ3n) is 4.99. The smallest absolute Gasteiger partial charge is 0.274 e. The average Bonchev–Trinajstić information content (AvgIpc) is 2.68. The molecular weight excluding hydrogens is 316 g/mol. The summed E-state index contributed by atoms with van der Waals surface area (Å²) in [6.45, 7) is 3.43. The van der Waals surface area contributed by atoms with E-state index in [0.29, 0.717) is 0 Å². The van der Waals surface area contributed by atoms with Crippen molar-refractivity contribution in [1.29, 1.82) is 0 Å². The summed E-state index contributed by atoms with van der Waals surface area (Å²) in [5.74, 6) is -0.519. The minimum Gasteiger partial charge on any atom is -0.344 e. The van der Waals surface area contributed by atoms with Crippen molar-refractivity contribution in [2.24, 2.45) is 0 Å². The summed E-state index contributed by atoms with van der Waals surface area (Å²) in [7, 11) is 0. The zero-order valence-electron chi connectivity index (χ0n) is 14.8. The number of aromatic nitrogens is 2. The highest BCUT2D eigenvalue weighted by molar-refractivity contribution is 6.04. The SMILES string of the molecule is C[C@@H](NC(=O)c1nccnc1C(=O)N1CCCCC1)C1=CCCCC1. The van der Waals surface area contributed by atoms with Crippen molar-refractivity contribution in [2.75, 3.05) is 13.1 Å². The molecule has 3 rings (SSSR count). The molecule has 1 atom stereocenters. The Hall–Kier alpha value is -2.24. The molecule has 2 amide bonds. The standard InChI is InChI=1S/C19H26N4O2/c1-14(15-8-4-2-5-9-15)22-18(24)16-17(21-11-10-20-16)19(25)23-12-6-3-7-13-23/h8,10-11,14H,2-7,9,12-13H2,1H3,(H,22,24)/t14-/m1/s1. The molecule has 0 aromatic carbocycles. The summed E-state index contributed by atoms with van der Waals surface area (Å²) in [5.41, 5.74) is 1.54. The summed E-state index contributed by atoms with van der Waals surface area (Å²) >= 11 is 0. The highest BCUT2D eigenvalue weighted by Crippen LogP contribution is 2.20. The van der Waals surface area contributed by atoms with Crippen molar-refractivity contribution >= 4 is 11.8 Å². The summed E-state index contributed by atoms with van der Waals surface area (Å²) < 4.78 is 0. The fourth-order valence-electron chi connectivity index (χ4n) is 3.52. The number of hydrogen-bond donors (Lipinski definition) is 1. The van der Waals surface area contributed by atoms with E-state index in [1.807, 2.05) is 6.92 Å². The highest BCUT2D eigenvalue weighted by atomic mass is 16.2. The Labute approximate surface area is 148 Å². The average molecular weight is 342 g/mol. The molecule has 0 unspecified atom stereocenters. The lowest BCUT2D eigenvalue weighted by molar-refractivity contribution is 0.0711. The van der Waals surface area contributed by atoms with E-state index in [0.717, 1.165) is 51.6 Å². The summed E-state index contributed by atoms with van der Waals surface area (Å²) in [6.07, 6.45) is 12.7. The first-order valence-corrected chi connectivity index (χ1v) is 9.27. The molecule has 25 heavy (non-hydrogen) atoms. The van der Waals surface area contributed by atoms with Gasteiger partial charge in [0.25, 0.3) is 11.8 Å². The van der Waals surface area contributed by atoms with Crippen LogP contribution in [-0.2, 0) is 0 Å². The van der Waals surface area contributed by atoms with Crippen molar-refractivity contribution in [3.8, 4) is 0 Å². The van der Waals surface area contributed by atoms with Crippen LogP contribution in [0.25, 0.3) is 0 Å². The molecule has 0 saturated carbocycles. The fraction of sp³-hybridized carbons (Fsp3) is 0.579. The van der Waals surface area contributed by atoms with Gasteiger partial charge in [0.2, 0.25) is 0 Å². The Morgan fingerprint density at radius 1 is 1.04 bits per heavy atom. The normalized spacial score (nSPS) is 19.1. The molecule has 1 aromatic heterocycles. The van der Waals surface area contributed by atoms with E-state index in [-0.39, 0.29) is 29.2 Å². The molecule has 0 spiro atoms. The van der Waals surface area contributed by atoms with Gasteiger partial charge in [-0.05, 0) is 51.9 Å². The third kappa shape index (κ3) is 4.24. The number of nitrogens with one attached hydrogen (secondary N) is 1. The zero-order valence-corrected chi connectivity index (χ0v) is 14.8. The van der Waals surface area contributed by atoms with Gasteiger partial charge in [-0.1, -0.05) is 11.6 Å². The summed E-state index contributed by atoms with van der Waals surface area (Å²) in [4.78, 5) is 35.5. The van der Waals surface area contributed by atoms with Gasteiger partial charge in [-0.2, -0.15) is 0 Å². The Bertz CT molecular complexity index is 665. The molecule has 134 valence electrons. The van der Waals surface area contributed by atoms with Gasteiger partial charge < -0.3 is 10.2 Å². The quantitative estimate of drug-likeness (QED) is 0.854. The predicted molar refractivity (Wildman–Crippen MR) is 95.3 cm³/mol. The maximum Gasteiger partial charge on any atom is 0.274 e. The van der Waals surface area contributed by atoms with Crippen LogP contribution in [0.2, 0.25) is 0 Å². The first-order chi connectivity index (χ1) is 12.2. The van der Waals surface area contributed by atoms with E-state index in [9.17, 15) is 9.59 Å². The monoisotopic (exact) mass is 342 g/mol. The van der Waals surface area contributed by atoms with Crippen molar-refractivity contribution in [3.05, 3.63) is 35.4 Å². The van der Waals surface area contributed by atoms with Crippen molar-refractivity contribution < 1.29 is 9.59 Å². The molecule has 0 radical (unpaired) electrons. The van der Waals surface area contributed by atoms with Gasteiger partial charge in [0.1, 0.15) is 0 Å². The van der Waals surface area contributed by atoms with Gasteiger partial charge in [-0.25, -0.2) is 9.97 Å². The molecule has 1 saturated heterocycles. The van der Waals surface area contributed by atoms with E-state index in [1.54, 1.807) is 4.90 Å². The topological polar surface area (TPSA) is 75.2 Å². The lowest BCUT2D eigenvalue weighted by atomic mass is 9.94. The number of carbonyl (C=O) groups is 2. The number of likely N-dealkylation sites (tertiary alicyclic amines) is 1. The first kappa shape index (κ1) is 17.6. The van der Waals surface area contributed by atoms with Crippen molar-refractivity contribution in [2.45, 2.75) is 57.9 Å². The fourth-order valence-corrected chi connectivity index (χ4v) is 3.52. The number of piperidine rings is 1. The molecule has 2 heterocycles. The second-order valence-electron chi connectivity index (χ2n) is 6.83. The number of amides is 2. The molecule has 1 fully saturated rings. The Kier molecular flexibility index (Phi) is 5.79. The van der Waals surface area contributed by atoms with Crippen LogP contribution in [0.3, 0.4) is 0 Å². The molecule has 1 N–H and O–H groups in total. The molecule has 2 aliphatic rings. The molecule has 6 heteroatoms. The van der Waals surface area contributed by atoms with Gasteiger partial charge in [0.05, 0.1) is 0 Å². The minimum atomic E-state index is -0.326. The number of rotatable bonds is 4. The van der Waals surface area contributed by atoms with Crippen LogP contribution < -0.4 is 5.32 Å². The van der Waals surface area contributed by atoms with Crippen LogP contribution in [0.5, 0.6) is 0 Å². The number of nitrogens with zero attached hydrogens (tertiary/aromatic N) is 3. The van der Waals surface area contributed by atoms with Gasteiger partial charge in [0, 0.05) is 31.5 Å². The number of hydrogen-bond acceptors (Lipinski definition) is 4. The largest absolute Gasteiger partial charge is 0.344 e. The van der Waals surface area contributed by atoms with Crippen LogP contribution in [0.15, 0.2) is 24.0 Å². The van der Waals surface area contributed by atoms with Crippen LogP contribution in [-0.4, -0.2) is 45.8 Å². The number of allylic oxidation sites excluding steroid dienone is 1. The summed E-state index contributed by atoms with van der Waals surface area (Å²) in [6, 6.07) is -0.0484. The maximum absolute atomic E-state index is 12.7. The molecule has 1 aliphatic carbocycles. The highest BCUT2D eigenvalue weighted by Gasteiger charge is 2.26. The van der Waals surface area contributed by atoms with E-state index >= 15 is 0 Å². The third-order valence-corrected chi connectivity index (χ3v) is 4.99. The van der Waals surface area contributed by atoms with E-state index in [1.165, 1.54) is 24.4 Å². The lowest BCUT2D eigenvalue weighted by Gasteiger charge is -2.27. The second-order valence-corrected chi connectivity index (χ2v) is 6.83. The van der Waals surface area contributed by atoms with Crippen LogP contribution >= 0.6 is 0 Å². The van der Waals surface area contributed by atoms with E-state index in [2.05, 4.69) is 21.4 Å². The Morgan fingerprint density at radius 2 is 1.76 bits per heavy atom. The minimum absolute atomic E-state index is 0.0484. The van der Waals surface area contributed by atoms with Gasteiger partial charge in [-0.15, -0.1) is 0 Å². The molecule has 1 aromatic rings. The second kappa shape index (κ2) is 8.23. The molecule has 6 nitrogen and oxygen atoms in total. The molecular formula is C19H26N4O2. The Balaban J connectivity index is 1.74. The van der Waals surface area contributed by atoms with Gasteiger partial charge in [0.15, 0.2) is 11.4 Å². The van der Waals surface area contributed by atoms with Crippen LogP contribution in [0.1, 0.15) is 72.8 Å². The van der Waals surface area contributed by atoms with E-state index in [4.69, 9.17) is 0 Å². The predicted octanol–water partition coefficient (Wildman–Crippen LogP) is 2.72. The van der Waals surface area contributed by atoms with Crippen molar-refractivity contribution in [1.82, 2.24) is 20.2 Å². The zero-order chi connectivity index (χ0) is 17.6. The van der Waals surface area contributed by atoms with E-state index < -0.39 is 0 Å². The first-order valence-electron chi connectivity index (χ1n) is 9.27. The molecule has 1 aliphatic heterocycles. The Morgan fingerprint density at radius 3 is 2.44 bits per heavy atom. The van der Waals surface area contributed by atoms with Gasteiger partial charge in [-0.3, -0.25) is 9.59 Å².